The average Bonchev–Trinajstić information content (AvgIpc) is 1.57. The molecule has 810 valence electrons. The van der Waals surface area contributed by atoms with Crippen LogP contribution in [0.2, 0.25) is 0 Å². The van der Waals surface area contributed by atoms with Gasteiger partial charge in [0.05, 0.1) is 391 Å². The summed E-state index contributed by atoms with van der Waals surface area (Å²) in [6, 6.07) is 0. The topological polar surface area (TPSA) is 485 Å². The first-order chi connectivity index (χ1) is 70.4. The Bertz CT molecular complexity index is 4650. The molecule has 0 bridgehead atoms. The van der Waals surface area contributed by atoms with Crippen molar-refractivity contribution >= 4 is 121 Å². The first-order valence-corrected chi connectivity index (χ1v) is 53.9. The van der Waals surface area contributed by atoms with Gasteiger partial charge in [-0.2, -0.15) is 0 Å². The molecule has 45 nitrogen and oxygen atoms in total. The molecule has 12 heterocycles. The van der Waals surface area contributed by atoms with Crippen molar-refractivity contribution in [2.24, 2.45) is 0 Å². The lowest BCUT2D eigenvalue weighted by Crippen LogP contribution is -2.21. The number of carbonyl (C=O) groups excluding carboxylic acids is 2. The summed E-state index contributed by atoms with van der Waals surface area (Å²) in [6.45, 7) is 29.3. The molecule has 6 aliphatic rings. The van der Waals surface area contributed by atoms with Crippen molar-refractivity contribution < 1.29 is 206 Å². The molecule has 0 saturated heterocycles. The van der Waals surface area contributed by atoms with Crippen LogP contribution in [-0.4, -0.2) is 414 Å². The first kappa shape index (κ1) is 120. The minimum atomic E-state index is -0.820. The number of aliphatic hydroxyl groups excluding tert-OH is 2. The number of aliphatic hydroxyl groups is 2. The van der Waals surface area contributed by atoms with E-state index in [1.807, 2.05) is 13.8 Å². The molecule has 0 aromatic carbocycles. The molecule has 143 heavy (non-hydrogen) atoms. The fourth-order valence-corrected chi connectivity index (χ4v) is 21.0. The zero-order chi connectivity index (χ0) is 100. The van der Waals surface area contributed by atoms with Gasteiger partial charge in [0.2, 0.25) is 11.5 Å². The van der Waals surface area contributed by atoms with E-state index in [0.717, 1.165) is 80.8 Å². The standard InChI is InChI=1S/C88H130O37S6.2CHIO4/c1-63-69-71(116-49-47-114-69)67(126-63)59-65(89)61-112-45-43-110-41-39-108-37-35-106-33-31-104-29-27-102-25-23-100-21-19-98-17-15-96-13-11-94-9-7-92-5-3-91-4-6-93-8-10-95-12-14-97-16-18-99-20-22-101-24-26-103-28-30-105-32-34-107-36-38-109-40-42-111-44-46-113-62-66(90)60-68-72-74(119-52-50-117-72)82(128-68)84-76-78(123-56-54-121-76)86(130-84)88-80-79(124-57-58-125-80)87(131-88)85-77-75(120-53-55-122-77)83(129-85)81-73-70(64(2)127-81)115-48-51-118-73;2*2-1(3)5-6-4/h65-66,89-90H,3-62H2,1-2H3;2*4H/q+2;;/p-2. The second-order valence-electron chi connectivity index (χ2n) is 29.8. The van der Waals surface area contributed by atoms with Gasteiger partial charge in [-0.15, -0.1) is 68.0 Å². The van der Waals surface area contributed by atoms with Gasteiger partial charge in [0.15, 0.2) is 68.3 Å². The van der Waals surface area contributed by atoms with Crippen LogP contribution >= 0.6 is 113 Å². The molecule has 0 aliphatic carbocycles. The number of hydrogen-bond acceptors (Lipinski definition) is 49. The number of rotatable bonds is 79. The fourth-order valence-electron chi connectivity index (χ4n) is 13.4. The number of ether oxygens (including phenoxy) is 33. The zero-order valence-corrected chi connectivity index (χ0v) is 89.4. The Labute approximate surface area is 878 Å². The molecular weight excluding hydrogens is 2250 g/mol. The number of carbonyl (C=O) groups is 2. The maximum Gasteiger partial charge on any atom is 0.405 e. The summed E-state index contributed by atoms with van der Waals surface area (Å²) in [7, 11) is 0. The Kier molecular flexibility index (Phi) is 62.8. The van der Waals surface area contributed by atoms with Crippen LogP contribution in [0, 0.1) is 22.9 Å². The van der Waals surface area contributed by atoms with Crippen molar-refractivity contribution in [2.75, 3.05) is 383 Å². The van der Waals surface area contributed by atoms with Crippen LogP contribution in [0.5, 0.6) is 57.5 Å². The van der Waals surface area contributed by atoms with Gasteiger partial charge in [0.1, 0.15) is 62.6 Å². The third-order valence-electron chi connectivity index (χ3n) is 19.5. The third-order valence-corrected chi connectivity index (χ3v) is 27.3. The van der Waals surface area contributed by atoms with E-state index >= 15 is 0 Å². The van der Waals surface area contributed by atoms with Gasteiger partial charge < -0.3 is 177 Å². The van der Waals surface area contributed by atoms with Gasteiger partial charge in [0, 0.05) is 22.6 Å². The van der Waals surface area contributed by atoms with E-state index in [9.17, 15) is 19.8 Å². The maximum atomic E-state index is 11.3. The highest BCUT2D eigenvalue weighted by Gasteiger charge is 2.40. The van der Waals surface area contributed by atoms with Crippen molar-refractivity contribution in [3.8, 4) is 86.8 Å². The fraction of sp³-hybridized carbons (Fsp3) is 0.711. The third kappa shape index (κ3) is 45.2. The summed E-state index contributed by atoms with van der Waals surface area (Å²) in [6.07, 6.45) is -0.707. The number of aryl methyl sites for hydroxylation is 2. The minimum absolute atomic E-state index is 0.100. The van der Waals surface area contributed by atoms with Crippen molar-refractivity contribution in [2.45, 2.75) is 38.9 Å². The van der Waals surface area contributed by atoms with E-state index in [-0.39, 0.29) is 19.6 Å². The monoisotopic (exact) mass is 2380 g/mol. The maximum absolute atomic E-state index is 11.3. The van der Waals surface area contributed by atoms with Crippen LogP contribution in [-0.2, 0) is 142 Å². The lowest BCUT2D eigenvalue weighted by atomic mass is 10.2. The molecule has 0 radical (unpaired) electrons. The van der Waals surface area contributed by atoms with E-state index in [1.54, 1.807) is 45.3 Å². The van der Waals surface area contributed by atoms with Crippen LogP contribution in [0.25, 0.3) is 29.3 Å². The number of fused-ring (bicyclic) bond motifs is 6. The van der Waals surface area contributed by atoms with Gasteiger partial charge in [0.25, 0.3) is 13.2 Å². The van der Waals surface area contributed by atoms with E-state index in [2.05, 4.69) is 19.9 Å². The van der Waals surface area contributed by atoms with Gasteiger partial charge in [-0.1, -0.05) is 0 Å². The molecule has 12 rings (SSSR count). The Hall–Kier alpha value is -4.96. The molecule has 53 heteroatoms. The second-order valence-corrected chi connectivity index (χ2v) is 38.3. The lowest BCUT2D eigenvalue weighted by Gasteiger charge is -2.19. The highest BCUT2D eigenvalue weighted by molar-refractivity contribution is 14.1. The predicted octanol–water partition coefficient (Wildman–Crippen LogP) is 6.48. The molecule has 6 aromatic heterocycles. The Morgan fingerprint density at radius 3 is 0.727 bits per heavy atom. The molecule has 0 amide bonds. The zero-order valence-electron chi connectivity index (χ0n) is 80.2. The molecule has 0 spiro atoms. The number of hydrogen-bond donors (Lipinski definition) is 2. The summed E-state index contributed by atoms with van der Waals surface area (Å²) in [5.41, 5.74) is 1.30. The molecule has 2 atom stereocenters. The summed E-state index contributed by atoms with van der Waals surface area (Å²) in [5, 5.41) is 44.7. The SMILES string of the molecule is Cc1sc(CC(O)COCCOCCOCCOCCOCCOCCOCCOCCOCCOCCOCCOCCOCCOCCOCCOCCOCCOCCOCCOCCOCCOCCOCC(O)Cc2sc(-c3sc(-c4sc(=c5sc(-c6sc(C)c7c6OCCO7)c6c5=[O+]CCO6)c5c4OCC[O+]=5)c4c3OCCO4)c3c2OCCO3)c2c1OCCO2.O=C(I)OO[O-].O=C(I)OO[O-]. The number of halogens is 2. The predicted molar refractivity (Wildman–Crippen MR) is 530 cm³/mol. The van der Waals surface area contributed by atoms with Crippen molar-refractivity contribution in [3.05, 3.63) is 48.3 Å². The Morgan fingerprint density at radius 2 is 0.462 bits per heavy atom. The summed E-state index contributed by atoms with van der Waals surface area (Å²) in [5.74, 6) is 6.84. The molecule has 2 unspecified atom stereocenters. The molecule has 6 aliphatic heterocycles. The Balaban J connectivity index is 0.00000165. The smallest absolute Gasteiger partial charge is 0.405 e. The van der Waals surface area contributed by atoms with Gasteiger partial charge in [-0.25, -0.2) is 28.5 Å². The quantitative estimate of drug-likeness (QED) is 0.0103. The van der Waals surface area contributed by atoms with Crippen LogP contribution in [0.1, 0.15) is 19.5 Å². The highest BCUT2D eigenvalue weighted by Crippen LogP contribution is 2.61. The molecular formula is C90H130I2O45S6. The molecule has 0 fully saturated rings. The number of thiophene rings is 6. The summed E-state index contributed by atoms with van der Waals surface area (Å²) >= 11 is 11.9. The van der Waals surface area contributed by atoms with E-state index in [1.165, 1.54) is 67.9 Å². The second kappa shape index (κ2) is 74.9. The van der Waals surface area contributed by atoms with Gasteiger partial charge in [-0.3, -0.25) is 9.78 Å². The van der Waals surface area contributed by atoms with Gasteiger partial charge >= 0.3 is 18.8 Å². The van der Waals surface area contributed by atoms with Crippen molar-refractivity contribution in [1.29, 1.82) is 0 Å². The molecule has 6 aromatic rings. The van der Waals surface area contributed by atoms with Gasteiger partial charge in [-0.05, 0) is 13.8 Å². The highest BCUT2D eigenvalue weighted by atomic mass is 127. The van der Waals surface area contributed by atoms with Crippen molar-refractivity contribution in [1.82, 2.24) is 0 Å². The van der Waals surface area contributed by atoms with Crippen LogP contribution < -0.4 is 68.7 Å². The van der Waals surface area contributed by atoms with Crippen molar-refractivity contribution in [3.63, 3.8) is 0 Å². The summed E-state index contributed by atoms with van der Waals surface area (Å²) in [4.78, 5) is 34.8. The average molecular weight is 2380 g/mol. The summed E-state index contributed by atoms with van der Waals surface area (Å²) < 4.78 is 204. The van der Waals surface area contributed by atoms with Crippen LogP contribution in [0.15, 0.2) is 8.85 Å². The normalized spacial score (nSPS) is 14.4. The minimum Gasteiger partial charge on any atom is -0.681 e. The van der Waals surface area contributed by atoms with E-state index in [4.69, 9.17) is 176 Å². The van der Waals surface area contributed by atoms with Crippen LogP contribution in [0.4, 0.5) is 9.59 Å². The largest absolute Gasteiger partial charge is 0.681 e. The van der Waals surface area contributed by atoms with E-state index < -0.39 is 20.2 Å². The Morgan fingerprint density at radius 1 is 0.266 bits per heavy atom. The first-order valence-electron chi connectivity index (χ1n) is 46.9. The lowest BCUT2D eigenvalue weighted by molar-refractivity contribution is -0.784. The molecule has 2 N–H and O–H groups in total. The van der Waals surface area contributed by atoms with Crippen LogP contribution in [0.3, 0.4) is 0 Å². The molecule has 0 saturated carbocycles. The van der Waals surface area contributed by atoms with E-state index in [0.29, 0.717) is 422 Å².